The van der Waals surface area contributed by atoms with Crippen molar-refractivity contribution in [2.75, 3.05) is 39.9 Å². The van der Waals surface area contributed by atoms with Gasteiger partial charge in [-0.2, -0.15) is 0 Å². The zero-order chi connectivity index (χ0) is 14.6. The van der Waals surface area contributed by atoms with Gasteiger partial charge in [0, 0.05) is 32.3 Å². The number of methoxy groups -OCH3 is 1. The smallest absolute Gasteiger partial charge is 0.251 e. The van der Waals surface area contributed by atoms with E-state index in [-0.39, 0.29) is 30.8 Å². The summed E-state index contributed by atoms with van der Waals surface area (Å²) in [6.45, 7) is 2.26. The lowest BCUT2D eigenvalue weighted by Gasteiger charge is -2.08. The summed E-state index contributed by atoms with van der Waals surface area (Å²) >= 11 is 0. The van der Waals surface area contributed by atoms with Crippen LogP contribution in [0.25, 0.3) is 0 Å². The van der Waals surface area contributed by atoms with E-state index in [2.05, 4.69) is 16.0 Å². The number of hydrogen-bond donors (Lipinski definition) is 3. The molecule has 0 aliphatic carbocycles. The first kappa shape index (κ1) is 19.4. The van der Waals surface area contributed by atoms with Gasteiger partial charge >= 0.3 is 0 Å². The second-order valence-corrected chi connectivity index (χ2v) is 4.14. The molecule has 118 valence electrons. The zero-order valence-corrected chi connectivity index (χ0v) is 12.9. The van der Waals surface area contributed by atoms with Crippen LogP contribution < -0.4 is 16.0 Å². The van der Waals surface area contributed by atoms with Crippen LogP contribution in [0, 0.1) is 0 Å². The summed E-state index contributed by atoms with van der Waals surface area (Å²) in [7, 11) is 1.61. The normalized spacial score (nSPS) is 9.57. The van der Waals surface area contributed by atoms with E-state index in [1.165, 1.54) is 0 Å². The van der Waals surface area contributed by atoms with Gasteiger partial charge in [-0.15, -0.1) is 12.4 Å². The summed E-state index contributed by atoms with van der Waals surface area (Å²) in [5, 5.41) is 8.38. The third kappa shape index (κ3) is 9.01. The summed E-state index contributed by atoms with van der Waals surface area (Å²) in [6.07, 6.45) is 0. The van der Waals surface area contributed by atoms with Crippen molar-refractivity contribution in [2.24, 2.45) is 0 Å². The Morgan fingerprint density at radius 2 is 1.71 bits per heavy atom. The van der Waals surface area contributed by atoms with Gasteiger partial charge in [0.1, 0.15) is 0 Å². The van der Waals surface area contributed by atoms with Gasteiger partial charge in [-0.05, 0) is 12.1 Å². The fourth-order valence-corrected chi connectivity index (χ4v) is 1.51. The molecule has 7 heteroatoms. The number of hydrogen-bond acceptors (Lipinski definition) is 4. The maximum atomic E-state index is 11.7. The van der Waals surface area contributed by atoms with Crippen molar-refractivity contribution in [1.82, 2.24) is 16.0 Å². The van der Waals surface area contributed by atoms with E-state index in [1.807, 2.05) is 18.2 Å². The third-order valence-electron chi connectivity index (χ3n) is 2.54. The number of benzene rings is 1. The second kappa shape index (κ2) is 12.1. The van der Waals surface area contributed by atoms with Crippen molar-refractivity contribution in [3.05, 3.63) is 35.9 Å². The van der Waals surface area contributed by atoms with Gasteiger partial charge in [0.15, 0.2) is 0 Å². The van der Waals surface area contributed by atoms with E-state index < -0.39 is 0 Å². The molecule has 0 saturated carbocycles. The molecule has 6 nitrogen and oxygen atoms in total. The summed E-state index contributed by atoms with van der Waals surface area (Å²) in [5.74, 6) is -0.242. The molecule has 1 aromatic carbocycles. The molecule has 0 spiro atoms. The molecule has 0 radical (unpaired) electrons. The van der Waals surface area contributed by atoms with Crippen LogP contribution in [0.1, 0.15) is 10.4 Å². The Bertz CT molecular complexity index is 415. The van der Waals surface area contributed by atoms with Crippen molar-refractivity contribution in [3.63, 3.8) is 0 Å². The van der Waals surface area contributed by atoms with Crippen LogP contribution in [-0.4, -0.2) is 51.7 Å². The highest BCUT2D eigenvalue weighted by atomic mass is 35.5. The topological polar surface area (TPSA) is 79.5 Å². The average Bonchev–Trinajstić information content (AvgIpc) is 2.49. The van der Waals surface area contributed by atoms with E-state index in [0.29, 0.717) is 31.8 Å². The fraction of sp³-hybridized carbons (Fsp3) is 0.429. The minimum Gasteiger partial charge on any atom is -0.383 e. The predicted molar refractivity (Wildman–Crippen MR) is 83.8 cm³/mol. The number of rotatable bonds is 9. The standard InChI is InChI=1S/C14H21N3O3.ClH/c1-20-10-9-15-11-13(18)16-7-8-17-14(19)12-5-3-2-4-6-12;/h2-6,15H,7-11H2,1H3,(H,16,18)(H,17,19);1H. The van der Waals surface area contributed by atoms with Gasteiger partial charge in [0.05, 0.1) is 13.2 Å². The van der Waals surface area contributed by atoms with Gasteiger partial charge in [0.25, 0.3) is 5.91 Å². The Morgan fingerprint density at radius 3 is 2.38 bits per heavy atom. The highest BCUT2D eigenvalue weighted by Crippen LogP contribution is 1.96. The fourth-order valence-electron chi connectivity index (χ4n) is 1.51. The minimum absolute atomic E-state index is 0. The summed E-state index contributed by atoms with van der Waals surface area (Å²) in [4.78, 5) is 23.1. The molecule has 21 heavy (non-hydrogen) atoms. The molecule has 0 aliphatic rings. The first-order valence-electron chi connectivity index (χ1n) is 6.53. The molecule has 1 rings (SSSR count). The number of halogens is 1. The molecule has 3 N–H and O–H groups in total. The quantitative estimate of drug-likeness (QED) is 0.568. The monoisotopic (exact) mass is 315 g/mol. The molecule has 0 fully saturated rings. The van der Waals surface area contributed by atoms with Crippen LogP contribution in [0.3, 0.4) is 0 Å². The number of ether oxygens (including phenoxy) is 1. The Labute approximate surface area is 131 Å². The number of carbonyl (C=O) groups excluding carboxylic acids is 2. The maximum absolute atomic E-state index is 11.7. The van der Waals surface area contributed by atoms with E-state index in [9.17, 15) is 9.59 Å². The van der Waals surface area contributed by atoms with Crippen molar-refractivity contribution in [2.45, 2.75) is 0 Å². The maximum Gasteiger partial charge on any atom is 0.251 e. The van der Waals surface area contributed by atoms with Crippen molar-refractivity contribution >= 4 is 24.2 Å². The van der Waals surface area contributed by atoms with Crippen molar-refractivity contribution in [1.29, 1.82) is 0 Å². The molecule has 0 heterocycles. The lowest BCUT2D eigenvalue weighted by Crippen LogP contribution is -2.39. The molecule has 0 aromatic heterocycles. The first-order valence-corrected chi connectivity index (χ1v) is 6.53. The van der Waals surface area contributed by atoms with E-state index >= 15 is 0 Å². The lowest BCUT2D eigenvalue weighted by molar-refractivity contribution is -0.120. The van der Waals surface area contributed by atoms with Crippen molar-refractivity contribution < 1.29 is 14.3 Å². The largest absolute Gasteiger partial charge is 0.383 e. The zero-order valence-electron chi connectivity index (χ0n) is 12.1. The number of amides is 2. The Balaban J connectivity index is 0.00000400. The van der Waals surface area contributed by atoms with Crippen LogP contribution >= 0.6 is 12.4 Å². The van der Waals surface area contributed by atoms with E-state index in [0.717, 1.165) is 0 Å². The Morgan fingerprint density at radius 1 is 1.05 bits per heavy atom. The first-order chi connectivity index (χ1) is 9.74. The third-order valence-corrected chi connectivity index (χ3v) is 2.54. The number of nitrogens with one attached hydrogen (secondary N) is 3. The van der Waals surface area contributed by atoms with Gasteiger partial charge in [-0.3, -0.25) is 9.59 Å². The van der Waals surface area contributed by atoms with Gasteiger partial charge < -0.3 is 20.7 Å². The molecular formula is C14H22ClN3O3. The Kier molecular flexibility index (Phi) is 11.2. The molecule has 0 saturated heterocycles. The molecule has 0 unspecified atom stereocenters. The van der Waals surface area contributed by atoms with Crippen LogP contribution in [0.15, 0.2) is 30.3 Å². The average molecular weight is 316 g/mol. The summed E-state index contributed by atoms with van der Waals surface area (Å²) in [6, 6.07) is 8.96. The summed E-state index contributed by atoms with van der Waals surface area (Å²) in [5.41, 5.74) is 0.611. The number of carbonyl (C=O) groups is 2. The van der Waals surface area contributed by atoms with Crippen molar-refractivity contribution in [3.8, 4) is 0 Å². The SMILES string of the molecule is COCCNCC(=O)NCCNC(=O)c1ccccc1.Cl. The highest BCUT2D eigenvalue weighted by molar-refractivity contribution is 5.94. The van der Waals surface area contributed by atoms with Crippen LogP contribution in [0.2, 0.25) is 0 Å². The molecule has 0 bridgehead atoms. The molecule has 2 amide bonds. The second-order valence-electron chi connectivity index (χ2n) is 4.14. The van der Waals surface area contributed by atoms with Crippen LogP contribution in [0.4, 0.5) is 0 Å². The Hall–Kier alpha value is -1.63. The lowest BCUT2D eigenvalue weighted by atomic mass is 10.2. The van der Waals surface area contributed by atoms with E-state index in [4.69, 9.17) is 4.74 Å². The molecular weight excluding hydrogens is 294 g/mol. The molecule has 1 aromatic rings. The van der Waals surface area contributed by atoms with Crippen LogP contribution in [-0.2, 0) is 9.53 Å². The molecule has 0 atom stereocenters. The molecule has 0 aliphatic heterocycles. The van der Waals surface area contributed by atoms with E-state index in [1.54, 1.807) is 19.2 Å². The van der Waals surface area contributed by atoms with Gasteiger partial charge in [0.2, 0.25) is 5.91 Å². The van der Waals surface area contributed by atoms with Gasteiger partial charge in [-0.1, -0.05) is 18.2 Å². The van der Waals surface area contributed by atoms with Crippen LogP contribution in [0.5, 0.6) is 0 Å². The van der Waals surface area contributed by atoms with Gasteiger partial charge in [-0.25, -0.2) is 0 Å². The highest BCUT2D eigenvalue weighted by Gasteiger charge is 2.03. The minimum atomic E-state index is -0.141. The summed E-state index contributed by atoms with van der Waals surface area (Å²) < 4.78 is 4.85. The predicted octanol–water partition coefficient (Wildman–Crippen LogP) is 0.190.